The first-order chi connectivity index (χ1) is 8.25. The van der Waals surface area contributed by atoms with Gasteiger partial charge in [0.05, 0.1) is 11.8 Å². The summed E-state index contributed by atoms with van der Waals surface area (Å²) in [7, 11) is 0. The number of nitrogens with zero attached hydrogens (tertiary/aromatic N) is 5. The van der Waals surface area contributed by atoms with Gasteiger partial charge in [-0.3, -0.25) is 4.98 Å². The van der Waals surface area contributed by atoms with E-state index >= 15 is 0 Å². The standard InChI is InChI=1S/C10H5ClFN5/c11-8-1-2-9-14-15-10(17(9)16-8)6-3-4-13-5-7(6)12/h1-5H. The van der Waals surface area contributed by atoms with E-state index in [-0.39, 0.29) is 10.7 Å². The van der Waals surface area contributed by atoms with Gasteiger partial charge in [0.1, 0.15) is 5.15 Å². The third-order valence-corrected chi connectivity index (χ3v) is 2.45. The summed E-state index contributed by atoms with van der Waals surface area (Å²) >= 11 is 5.78. The molecule has 0 saturated carbocycles. The van der Waals surface area contributed by atoms with Crippen molar-refractivity contribution < 1.29 is 4.39 Å². The van der Waals surface area contributed by atoms with Crippen molar-refractivity contribution in [3.05, 3.63) is 41.6 Å². The third kappa shape index (κ3) is 1.62. The van der Waals surface area contributed by atoms with Gasteiger partial charge in [0.25, 0.3) is 0 Å². The predicted octanol–water partition coefficient (Wildman–Crippen LogP) is 1.98. The monoisotopic (exact) mass is 249 g/mol. The minimum absolute atomic E-state index is 0.280. The lowest BCUT2D eigenvalue weighted by Crippen LogP contribution is -1.96. The lowest BCUT2D eigenvalue weighted by molar-refractivity contribution is 0.622. The molecule has 0 N–H and O–H groups in total. The van der Waals surface area contributed by atoms with E-state index in [4.69, 9.17) is 11.6 Å². The summed E-state index contributed by atoms with van der Waals surface area (Å²) in [5, 5.41) is 12.1. The Morgan fingerprint density at radius 2 is 2.06 bits per heavy atom. The molecule has 7 heteroatoms. The molecule has 0 spiro atoms. The molecule has 3 aromatic heterocycles. The Balaban J connectivity index is 2.31. The Bertz CT molecular complexity index is 696. The number of fused-ring (bicyclic) bond motifs is 1. The number of pyridine rings is 1. The summed E-state index contributed by atoms with van der Waals surface area (Å²) in [5.74, 6) is -0.189. The molecule has 84 valence electrons. The maximum atomic E-state index is 13.6. The minimum atomic E-state index is -0.483. The van der Waals surface area contributed by atoms with Crippen molar-refractivity contribution in [1.29, 1.82) is 0 Å². The van der Waals surface area contributed by atoms with E-state index in [1.807, 2.05) is 0 Å². The highest BCUT2D eigenvalue weighted by Crippen LogP contribution is 2.20. The average molecular weight is 250 g/mol. The summed E-state index contributed by atoms with van der Waals surface area (Å²) in [5.41, 5.74) is 0.780. The van der Waals surface area contributed by atoms with Crippen LogP contribution in [0.3, 0.4) is 0 Å². The van der Waals surface area contributed by atoms with Gasteiger partial charge in [0, 0.05) is 6.20 Å². The van der Waals surface area contributed by atoms with Gasteiger partial charge in [-0.25, -0.2) is 4.39 Å². The molecule has 0 aliphatic carbocycles. The summed E-state index contributed by atoms with van der Waals surface area (Å²) in [6, 6.07) is 4.76. The van der Waals surface area contributed by atoms with Gasteiger partial charge in [0.15, 0.2) is 17.3 Å². The van der Waals surface area contributed by atoms with Gasteiger partial charge in [-0.1, -0.05) is 11.6 Å². The molecule has 0 atom stereocenters. The Morgan fingerprint density at radius 1 is 1.18 bits per heavy atom. The van der Waals surface area contributed by atoms with Crippen LogP contribution in [-0.2, 0) is 0 Å². The maximum Gasteiger partial charge on any atom is 0.188 e. The van der Waals surface area contributed by atoms with Gasteiger partial charge >= 0.3 is 0 Å². The van der Waals surface area contributed by atoms with E-state index in [0.717, 1.165) is 6.20 Å². The maximum absolute atomic E-state index is 13.6. The molecular formula is C10H5ClFN5. The Morgan fingerprint density at radius 3 is 2.88 bits per heavy atom. The van der Waals surface area contributed by atoms with E-state index in [0.29, 0.717) is 11.5 Å². The Hall–Kier alpha value is -2.08. The van der Waals surface area contributed by atoms with Crippen molar-refractivity contribution in [3.8, 4) is 11.4 Å². The molecule has 0 saturated heterocycles. The number of halogens is 2. The van der Waals surface area contributed by atoms with E-state index < -0.39 is 5.82 Å². The normalized spacial score (nSPS) is 10.9. The molecule has 0 aromatic carbocycles. The average Bonchev–Trinajstić information content (AvgIpc) is 2.72. The zero-order valence-electron chi connectivity index (χ0n) is 8.38. The van der Waals surface area contributed by atoms with E-state index in [1.165, 1.54) is 16.8 Å². The fraction of sp³-hybridized carbons (Fsp3) is 0. The first-order valence-electron chi connectivity index (χ1n) is 4.73. The van der Waals surface area contributed by atoms with Gasteiger partial charge < -0.3 is 0 Å². The number of hydrogen-bond acceptors (Lipinski definition) is 4. The summed E-state index contributed by atoms with van der Waals surface area (Å²) in [6.07, 6.45) is 2.59. The second-order valence-electron chi connectivity index (χ2n) is 3.31. The van der Waals surface area contributed by atoms with Crippen LogP contribution in [0.15, 0.2) is 30.6 Å². The molecule has 17 heavy (non-hydrogen) atoms. The van der Waals surface area contributed by atoms with Crippen LogP contribution in [0.1, 0.15) is 0 Å². The van der Waals surface area contributed by atoms with E-state index in [9.17, 15) is 4.39 Å². The van der Waals surface area contributed by atoms with Crippen LogP contribution in [0.4, 0.5) is 4.39 Å². The molecule has 0 unspecified atom stereocenters. The lowest BCUT2D eigenvalue weighted by atomic mass is 10.2. The number of hydrogen-bond donors (Lipinski definition) is 0. The topological polar surface area (TPSA) is 56.0 Å². The second-order valence-corrected chi connectivity index (χ2v) is 3.69. The molecule has 3 heterocycles. The Kier molecular flexibility index (Phi) is 2.22. The van der Waals surface area contributed by atoms with Crippen molar-refractivity contribution in [2.45, 2.75) is 0 Å². The van der Waals surface area contributed by atoms with Crippen molar-refractivity contribution >= 4 is 17.2 Å². The molecule has 0 fully saturated rings. The minimum Gasteiger partial charge on any atom is -0.262 e. The Labute approximate surface area is 99.9 Å². The number of aromatic nitrogens is 5. The van der Waals surface area contributed by atoms with Gasteiger partial charge in [-0.2, -0.15) is 9.61 Å². The van der Waals surface area contributed by atoms with Gasteiger partial charge in [0.2, 0.25) is 0 Å². The van der Waals surface area contributed by atoms with Crippen LogP contribution in [-0.4, -0.2) is 24.8 Å². The quantitative estimate of drug-likeness (QED) is 0.662. The first kappa shape index (κ1) is 10.1. The molecule has 5 nitrogen and oxygen atoms in total. The summed E-state index contributed by atoms with van der Waals surface area (Å²) < 4.78 is 15.0. The SMILES string of the molecule is Fc1cnccc1-c1nnc2ccc(Cl)nn12. The molecule has 0 aliphatic rings. The zero-order chi connectivity index (χ0) is 11.8. The highest BCUT2D eigenvalue weighted by molar-refractivity contribution is 6.29. The molecule has 3 aromatic rings. The van der Waals surface area contributed by atoms with Crippen molar-refractivity contribution in [1.82, 2.24) is 24.8 Å². The van der Waals surface area contributed by atoms with Crippen LogP contribution in [0.5, 0.6) is 0 Å². The molecule has 0 aliphatic heterocycles. The van der Waals surface area contributed by atoms with Crippen LogP contribution in [0, 0.1) is 5.82 Å². The van der Waals surface area contributed by atoms with Crippen molar-refractivity contribution in [3.63, 3.8) is 0 Å². The van der Waals surface area contributed by atoms with Crippen molar-refractivity contribution in [2.24, 2.45) is 0 Å². The van der Waals surface area contributed by atoms with Crippen LogP contribution in [0.25, 0.3) is 17.0 Å². The molecule has 0 radical (unpaired) electrons. The van der Waals surface area contributed by atoms with Crippen LogP contribution >= 0.6 is 11.6 Å². The highest BCUT2D eigenvalue weighted by atomic mass is 35.5. The lowest BCUT2D eigenvalue weighted by Gasteiger charge is -1.99. The smallest absolute Gasteiger partial charge is 0.188 e. The van der Waals surface area contributed by atoms with Crippen LogP contribution < -0.4 is 0 Å². The van der Waals surface area contributed by atoms with E-state index in [2.05, 4.69) is 20.3 Å². The fourth-order valence-electron chi connectivity index (χ4n) is 1.49. The predicted molar refractivity (Wildman–Crippen MR) is 59.0 cm³/mol. The largest absolute Gasteiger partial charge is 0.262 e. The second kappa shape index (κ2) is 3.74. The number of rotatable bonds is 1. The summed E-state index contributed by atoms with van der Waals surface area (Å²) in [4.78, 5) is 3.67. The van der Waals surface area contributed by atoms with Crippen LogP contribution in [0.2, 0.25) is 5.15 Å². The zero-order valence-corrected chi connectivity index (χ0v) is 9.13. The molecular weight excluding hydrogens is 245 g/mol. The molecule has 3 rings (SSSR count). The van der Waals surface area contributed by atoms with Crippen molar-refractivity contribution in [2.75, 3.05) is 0 Å². The third-order valence-electron chi connectivity index (χ3n) is 2.24. The fourth-order valence-corrected chi connectivity index (χ4v) is 1.63. The summed E-state index contributed by atoms with van der Waals surface area (Å²) in [6.45, 7) is 0. The highest BCUT2D eigenvalue weighted by Gasteiger charge is 2.13. The van der Waals surface area contributed by atoms with Gasteiger partial charge in [-0.05, 0) is 18.2 Å². The molecule has 0 bridgehead atoms. The van der Waals surface area contributed by atoms with Gasteiger partial charge in [-0.15, -0.1) is 10.2 Å². The van der Waals surface area contributed by atoms with E-state index in [1.54, 1.807) is 12.1 Å². The molecule has 0 amide bonds. The first-order valence-corrected chi connectivity index (χ1v) is 5.11.